The number of ketones is 1. The van der Waals surface area contributed by atoms with Crippen molar-refractivity contribution in [3.05, 3.63) is 35.9 Å². The van der Waals surface area contributed by atoms with Crippen LogP contribution in [0.2, 0.25) is 0 Å². The highest BCUT2D eigenvalue weighted by Crippen LogP contribution is 2.39. The van der Waals surface area contributed by atoms with E-state index in [9.17, 15) is 9.59 Å². The molecule has 0 bridgehead atoms. The van der Waals surface area contributed by atoms with Crippen molar-refractivity contribution in [1.29, 1.82) is 0 Å². The summed E-state index contributed by atoms with van der Waals surface area (Å²) in [4.78, 5) is 27.2. The molecule has 0 aliphatic carbocycles. The van der Waals surface area contributed by atoms with Gasteiger partial charge in [0.15, 0.2) is 5.71 Å². The van der Waals surface area contributed by atoms with E-state index in [-0.39, 0.29) is 11.5 Å². The van der Waals surface area contributed by atoms with Gasteiger partial charge < -0.3 is 4.74 Å². The second kappa shape index (κ2) is 3.97. The summed E-state index contributed by atoms with van der Waals surface area (Å²) in [7, 11) is 1.27. The van der Waals surface area contributed by atoms with E-state index < -0.39 is 9.51 Å². The molecule has 16 heavy (non-hydrogen) atoms. The SMILES string of the molecule is COC(=O)C1=NC1(I)C(=O)c1ccccc1. The van der Waals surface area contributed by atoms with Gasteiger partial charge >= 0.3 is 5.97 Å². The fraction of sp³-hybridized carbons (Fsp3) is 0.182. The van der Waals surface area contributed by atoms with E-state index in [1.807, 2.05) is 28.7 Å². The smallest absolute Gasteiger partial charge is 0.355 e. The lowest BCUT2D eigenvalue weighted by Crippen LogP contribution is -2.28. The number of esters is 1. The Morgan fingerprint density at radius 2 is 1.94 bits per heavy atom. The van der Waals surface area contributed by atoms with Gasteiger partial charge in [0.25, 0.3) is 0 Å². The normalized spacial score (nSPS) is 22.2. The number of carbonyl (C=O) groups excluding carboxylic acids is 2. The van der Waals surface area contributed by atoms with Crippen LogP contribution in [-0.4, -0.2) is 28.1 Å². The summed E-state index contributed by atoms with van der Waals surface area (Å²) in [5.41, 5.74) is 0.726. The van der Waals surface area contributed by atoms with Crippen LogP contribution in [0.4, 0.5) is 0 Å². The molecule has 0 radical (unpaired) electrons. The minimum atomic E-state index is -1.05. The molecular formula is C11H8INO3. The minimum absolute atomic E-state index is 0.185. The van der Waals surface area contributed by atoms with Crippen molar-refractivity contribution >= 4 is 40.1 Å². The third-order valence-electron chi connectivity index (χ3n) is 2.25. The summed E-state index contributed by atoms with van der Waals surface area (Å²) >= 11 is 1.86. The van der Waals surface area contributed by atoms with Crippen molar-refractivity contribution in [2.24, 2.45) is 4.99 Å². The first-order valence-electron chi connectivity index (χ1n) is 4.57. The Kier molecular flexibility index (Phi) is 2.79. The first-order valence-corrected chi connectivity index (χ1v) is 5.65. The maximum absolute atomic E-state index is 12.0. The van der Waals surface area contributed by atoms with Gasteiger partial charge in [0, 0.05) is 5.56 Å². The number of methoxy groups -OCH3 is 1. The summed E-state index contributed by atoms with van der Waals surface area (Å²) in [5, 5.41) is 0. The van der Waals surface area contributed by atoms with Crippen LogP contribution >= 0.6 is 22.6 Å². The van der Waals surface area contributed by atoms with Gasteiger partial charge in [-0.3, -0.25) is 4.79 Å². The molecule has 1 heterocycles. The largest absolute Gasteiger partial charge is 0.464 e. The van der Waals surface area contributed by atoms with Gasteiger partial charge in [0.2, 0.25) is 9.33 Å². The zero-order valence-corrected chi connectivity index (χ0v) is 10.6. The third-order valence-corrected chi connectivity index (χ3v) is 3.49. The Bertz CT molecular complexity index is 483. The summed E-state index contributed by atoms with van der Waals surface area (Å²) in [6.45, 7) is 0. The average Bonchev–Trinajstić information content (AvgIpc) is 3.02. The molecule has 0 spiro atoms. The van der Waals surface area contributed by atoms with Gasteiger partial charge in [0.1, 0.15) is 0 Å². The average molecular weight is 329 g/mol. The van der Waals surface area contributed by atoms with E-state index in [4.69, 9.17) is 0 Å². The van der Waals surface area contributed by atoms with E-state index >= 15 is 0 Å². The van der Waals surface area contributed by atoms with Crippen LogP contribution in [0.15, 0.2) is 35.3 Å². The van der Waals surface area contributed by atoms with Crippen molar-refractivity contribution < 1.29 is 14.3 Å². The van der Waals surface area contributed by atoms with Crippen LogP contribution < -0.4 is 0 Å². The lowest BCUT2D eigenvalue weighted by atomic mass is 10.1. The zero-order valence-electron chi connectivity index (χ0n) is 8.44. The van der Waals surface area contributed by atoms with Gasteiger partial charge in [0.05, 0.1) is 7.11 Å². The van der Waals surface area contributed by atoms with E-state index in [2.05, 4.69) is 9.73 Å². The van der Waals surface area contributed by atoms with E-state index in [1.165, 1.54) is 7.11 Å². The number of halogens is 1. The maximum atomic E-state index is 12.0. The number of carbonyl (C=O) groups is 2. The number of Topliss-reactive ketones (excluding diaryl/α,β-unsaturated/α-hetero) is 1. The number of hydrogen-bond donors (Lipinski definition) is 0. The number of hydrogen-bond acceptors (Lipinski definition) is 4. The molecule has 0 amide bonds. The Labute approximate surface area is 106 Å². The molecule has 1 aliphatic heterocycles. The molecule has 2 rings (SSSR count). The van der Waals surface area contributed by atoms with Crippen molar-refractivity contribution in [3.63, 3.8) is 0 Å². The summed E-state index contributed by atoms with van der Waals surface area (Å²) in [5.74, 6) is -0.729. The summed E-state index contributed by atoms with van der Waals surface area (Å²) in [6.07, 6.45) is 0. The van der Waals surface area contributed by atoms with Crippen molar-refractivity contribution in [2.45, 2.75) is 3.55 Å². The number of benzene rings is 1. The number of aliphatic imine (C=N–C) groups is 1. The van der Waals surface area contributed by atoms with Crippen LogP contribution in [0, 0.1) is 0 Å². The quantitative estimate of drug-likeness (QED) is 0.278. The molecule has 1 aromatic rings. The minimum Gasteiger partial charge on any atom is -0.464 e. The van der Waals surface area contributed by atoms with Crippen LogP contribution in [0.25, 0.3) is 0 Å². The summed E-state index contributed by atoms with van der Waals surface area (Å²) < 4.78 is 3.48. The molecule has 0 saturated carbocycles. The van der Waals surface area contributed by atoms with E-state index in [1.54, 1.807) is 24.3 Å². The fourth-order valence-corrected chi connectivity index (χ4v) is 2.12. The molecule has 0 N–H and O–H groups in total. The van der Waals surface area contributed by atoms with E-state index in [0.29, 0.717) is 5.56 Å². The van der Waals surface area contributed by atoms with Crippen molar-refractivity contribution in [1.82, 2.24) is 0 Å². The summed E-state index contributed by atoms with van der Waals surface area (Å²) in [6, 6.07) is 8.77. The molecule has 5 heteroatoms. The number of rotatable bonds is 3. The van der Waals surface area contributed by atoms with Gasteiger partial charge in [-0.15, -0.1) is 0 Å². The highest BCUT2D eigenvalue weighted by Gasteiger charge is 2.56. The molecule has 0 fully saturated rings. The van der Waals surface area contributed by atoms with Crippen molar-refractivity contribution in [3.8, 4) is 0 Å². The fourth-order valence-electron chi connectivity index (χ4n) is 1.34. The molecule has 0 aromatic heterocycles. The highest BCUT2D eigenvalue weighted by molar-refractivity contribution is 14.1. The monoisotopic (exact) mass is 329 g/mol. The number of nitrogens with zero attached hydrogens (tertiary/aromatic N) is 1. The second-order valence-electron chi connectivity index (χ2n) is 3.27. The van der Waals surface area contributed by atoms with Crippen molar-refractivity contribution in [2.75, 3.05) is 7.11 Å². The van der Waals surface area contributed by atoms with Crippen LogP contribution in [0.5, 0.6) is 0 Å². The Morgan fingerprint density at radius 1 is 1.31 bits per heavy atom. The molecular weight excluding hydrogens is 321 g/mol. The molecule has 4 nitrogen and oxygen atoms in total. The lowest BCUT2D eigenvalue weighted by Gasteiger charge is -2.05. The Balaban J connectivity index is 2.18. The molecule has 1 aliphatic rings. The topological polar surface area (TPSA) is 55.7 Å². The number of ether oxygens (including phenoxy) is 1. The van der Waals surface area contributed by atoms with Crippen LogP contribution in [-0.2, 0) is 9.53 Å². The molecule has 1 aromatic carbocycles. The Hall–Kier alpha value is -1.24. The zero-order chi connectivity index (χ0) is 11.8. The first kappa shape index (κ1) is 11.3. The second-order valence-corrected chi connectivity index (χ2v) is 4.83. The lowest BCUT2D eigenvalue weighted by molar-refractivity contribution is -0.132. The van der Waals surface area contributed by atoms with Gasteiger partial charge in [-0.25, -0.2) is 9.79 Å². The third kappa shape index (κ3) is 1.75. The molecule has 0 saturated heterocycles. The Morgan fingerprint density at radius 3 is 2.50 bits per heavy atom. The molecule has 82 valence electrons. The van der Waals surface area contributed by atoms with Gasteiger partial charge in [-0.05, 0) is 22.6 Å². The van der Waals surface area contributed by atoms with Gasteiger partial charge in [-0.2, -0.15) is 0 Å². The highest BCUT2D eigenvalue weighted by atomic mass is 127. The number of alkyl halides is 1. The predicted molar refractivity (Wildman–Crippen MR) is 67.0 cm³/mol. The predicted octanol–water partition coefficient (Wildman–Crippen LogP) is 1.63. The molecule has 1 atom stereocenters. The molecule has 1 unspecified atom stereocenters. The maximum Gasteiger partial charge on any atom is 0.355 e. The van der Waals surface area contributed by atoms with Gasteiger partial charge in [-0.1, -0.05) is 30.3 Å². The van der Waals surface area contributed by atoms with Crippen LogP contribution in [0.3, 0.4) is 0 Å². The first-order chi connectivity index (χ1) is 7.59. The standard InChI is InChI=1S/C11H8INO3/c1-16-10(15)8-11(12,13-8)9(14)7-5-3-2-4-6-7/h2-6H,1H3. The van der Waals surface area contributed by atoms with E-state index in [0.717, 1.165) is 0 Å². The van der Waals surface area contributed by atoms with Crippen LogP contribution in [0.1, 0.15) is 10.4 Å².